The predicted octanol–water partition coefficient (Wildman–Crippen LogP) is 1.59. The Balaban J connectivity index is 1.87. The van der Waals surface area contributed by atoms with Crippen molar-refractivity contribution in [2.24, 2.45) is 5.41 Å². The van der Waals surface area contributed by atoms with E-state index in [-0.39, 0.29) is 5.41 Å². The molecular weight excluding hydrogens is 246 g/mol. The number of nitrogens with zero attached hydrogens (tertiary/aromatic N) is 2. The Kier molecular flexibility index (Phi) is 5.12. The van der Waals surface area contributed by atoms with Crippen LogP contribution in [0.15, 0.2) is 10.9 Å². The van der Waals surface area contributed by atoms with Crippen LogP contribution in [-0.4, -0.2) is 49.8 Å². The first-order chi connectivity index (χ1) is 8.74. The van der Waals surface area contributed by atoms with E-state index in [0.29, 0.717) is 0 Å². The fourth-order valence-electron chi connectivity index (χ4n) is 2.58. The molecule has 1 aliphatic rings. The van der Waals surface area contributed by atoms with Crippen molar-refractivity contribution in [1.29, 1.82) is 0 Å². The third-order valence-corrected chi connectivity index (χ3v) is 4.09. The highest BCUT2D eigenvalue weighted by atomic mass is 32.1. The van der Waals surface area contributed by atoms with Crippen LogP contribution in [0.25, 0.3) is 0 Å². The average molecular weight is 269 g/mol. The molecule has 0 saturated carbocycles. The fraction of sp³-hybridized carbons (Fsp3) is 0.769. The molecule has 102 valence electrons. The van der Waals surface area contributed by atoms with Gasteiger partial charge in [0, 0.05) is 37.0 Å². The Bertz CT molecular complexity index is 336. The summed E-state index contributed by atoms with van der Waals surface area (Å²) in [5, 5.41) is 5.60. The van der Waals surface area contributed by atoms with Gasteiger partial charge in [0.1, 0.15) is 0 Å². The van der Waals surface area contributed by atoms with Crippen LogP contribution in [0.5, 0.6) is 0 Å². The lowest BCUT2D eigenvalue weighted by molar-refractivity contribution is 0.116. The molecule has 1 saturated heterocycles. The van der Waals surface area contributed by atoms with Gasteiger partial charge in [0.05, 0.1) is 17.8 Å². The molecule has 4 nitrogen and oxygen atoms in total. The second kappa shape index (κ2) is 6.61. The van der Waals surface area contributed by atoms with Crippen LogP contribution < -0.4 is 5.32 Å². The number of nitrogens with one attached hydrogen (secondary N) is 1. The summed E-state index contributed by atoms with van der Waals surface area (Å²) in [5.41, 5.74) is 3.34. The van der Waals surface area contributed by atoms with Gasteiger partial charge >= 0.3 is 0 Å². The van der Waals surface area contributed by atoms with Crippen molar-refractivity contribution in [3.63, 3.8) is 0 Å². The van der Waals surface area contributed by atoms with E-state index in [0.717, 1.165) is 45.8 Å². The largest absolute Gasteiger partial charge is 0.381 e. The van der Waals surface area contributed by atoms with Crippen molar-refractivity contribution in [2.75, 3.05) is 39.9 Å². The molecule has 1 fully saturated rings. The van der Waals surface area contributed by atoms with Gasteiger partial charge in [-0.25, -0.2) is 4.98 Å². The van der Waals surface area contributed by atoms with E-state index in [2.05, 4.69) is 34.6 Å². The molecule has 2 rings (SSSR count). The molecule has 0 aliphatic carbocycles. The molecule has 1 aliphatic heterocycles. The predicted molar refractivity (Wildman–Crippen MR) is 74.9 cm³/mol. The van der Waals surface area contributed by atoms with Crippen molar-refractivity contribution in [3.8, 4) is 0 Å². The summed E-state index contributed by atoms with van der Waals surface area (Å²) in [5.74, 6) is 0. The zero-order valence-electron chi connectivity index (χ0n) is 11.3. The minimum absolute atomic E-state index is 0.279. The van der Waals surface area contributed by atoms with Crippen LogP contribution >= 0.6 is 11.3 Å². The summed E-state index contributed by atoms with van der Waals surface area (Å²) in [6.07, 6.45) is 1.15. The summed E-state index contributed by atoms with van der Waals surface area (Å²) < 4.78 is 5.61. The molecule has 0 spiro atoms. The van der Waals surface area contributed by atoms with Gasteiger partial charge < -0.3 is 10.1 Å². The van der Waals surface area contributed by atoms with E-state index in [9.17, 15) is 0 Å². The Morgan fingerprint density at radius 1 is 1.61 bits per heavy atom. The quantitative estimate of drug-likeness (QED) is 0.816. The molecule has 0 radical (unpaired) electrons. The third kappa shape index (κ3) is 3.75. The van der Waals surface area contributed by atoms with Gasteiger partial charge in [0.15, 0.2) is 0 Å². The van der Waals surface area contributed by atoms with Crippen LogP contribution in [0, 0.1) is 5.41 Å². The van der Waals surface area contributed by atoms with Crippen LogP contribution in [0.2, 0.25) is 0 Å². The second-order valence-electron chi connectivity index (χ2n) is 5.23. The van der Waals surface area contributed by atoms with Gasteiger partial charge in [0.25, 0.3) is 0 Å². The minimum atomic E-state index is 0.279. The summed E-state index contributed by atoms with van der Waals surface area (Å²) >= 11 is 1.66. The minimum Gasteiger partial charge on any atom is -0.381 e. The maximum Gasteiger partial charge on any atom is 0.0795 e. The first-order valence-electron chi connectivity index (χ1n) is 6.58. The molecule has 1 atom stereocenters. The van der Waals surface area contributed by atoms with Gasteiger partial charge in [-0.05, 0) is 20.0 Å². The highest BCUT2D eigenvalue weighted by molar-refractivity contribution is 7.07. The monoisotopic (exact) mass is 269 g/mol. The van der Waals surface area contributed by atoms with E-state index < -0.39 is 0 Å². The lowest BCUT2D eigenvalue weighted by Crippen LogP contribution is -2.43. The molecule has 1 N–H and O–H groups in total. The lowest BCUT2D eigenvalue weighted by atomic mass is 9.86. The highest BCUT2D eigenvalue weighted by Crippen LogP contribution is 2.29. The fourth-order valence-corrected chi connectivity index (χ4v) is 3.13. The zero-order chi connectivity index (χ0) is 12.8. The standard InChI is InChI=1S/C13H23N3OS/c1-3-14-8-13(4-5-17-10-13)9-16(2)6-12-7-18-11-15-12/h7,11,14H,3-6,8-10H2,1-2H3. The van der Waals surface area contributed by atoms with Crippen LogP contribution in [0.3, 0.4) is 0 Å². The number of ether oxygens (including phenoxy) is 1. The number of hydrogen-bond donors (Lipinski definition) is 1. The molecule has 0 aromatic carbocycles. The summed E-state index contributed by atoms with van der Waals surface area (Å²) in [4.78, 5) is 6.71. The van der Waals surface area contributed by atoms with E-state index in [1.54, 1.807) is 11.3 Å². The first-order valence-corrected chi connectivity index (χ1v) is 7.52. The first kappa shape index (κ1) is 13.9. The number of aromatic nitrogens is 1. The molecular formula is C13H23N3OS. The summed E-state index contributed by atoms with van der Waals surface area (Å²) in [7, 11) is 2.17. The van der Waals surface area contributed by atoms with Crippen LogP contribution in [0.1, 0.15) is 19.0 Å². The zero-order valence-corrected chi connectivity index (χ0v) is 12.1. The Hall–Kier alpha value is -0.490. The van der Waals surface area contributed by atoms with Gasteiger partial charge in [-0.15, -0.1) is 11.3 Å². The van der Waals surface area contributed by atoms with Crippen molar-refractivity contribution in [3.05, 3.63) is 16.6 Å². The van der Waals surface area contributed by atoms with Gasteiger partial charge in [-0.2, -0.15) is 0 Å². The average Bonchev–Trinajstić information content (AvgIpc) is 2.99. The summed E-state index contributed by atoms with van der Waals surface area (Å²) in [6, 6.07) is 0. The molecule has 2 heterocycles. The third-order valence-electron chi connectivity index (χ3n) is 3.46. The molecule has 0 bridgehead atoms. The summed E-state index contributed by atoms with van der Waals surface area (Å²) in [6.45, 7) is 8.00. The van der Waals surface area contributed by atoms with E-state index in [1.807, 2.05) is 5.51 Å². The van der Waals surface area contributed by atoms with Crippen molar-refractivity contribution >= 4 is 11.3 Å². The number of thiazole rings is 1. The Labute approximate surface area is 113 Å². The molecule has 18 heavy (non-hydrogen) atoms. The molecule has 1 unspecified atom stereocenters. The van der Waals surface area contributed by atoms with Crippen LogP contribution in [-0.2, 0) is 11.3 Å². The van der Waals surface area contributed by atoms with Gasteiger partial charge in [-0.1, -0.05) is 6.92 Å². The molecule has 1 aromatic heterocycles. The molecule has 1 aromatic rings. The molecule has 0 amide bonds. The van der Waals surface area contributed by atoms with Crippen molar-refractivity contribution < 1.29 is 4.74 Å². The Morgan fingerprint density at radius 3 is 3.11 bits per heavy atom. The maximum absolute atomic E-state index is 5.61. The van der Waals surface area contributed by atoms with E-state index >= 15 is 0 Å². The lowest BCUT2D eigenvalue weighted by Gasteiger charge is -2.32. The maximum atomic E-state index is 5.61. The van der Waals surface area contributed by atoms with Crippen molar-refractivity contribution in [1.82, 2.24) is 15.2 Å². The van der Waals surface area contributed by atoms with E-state index in [4.69, 9.17) is 4.74 Å². The van der Waals surface area contributed by atoms with Crippen molar-refractivity contribution in [2.45, 2.75) is 19.9 Å². The second-order valence-corrected chi connectivity index (χ2v) is 5.95. The van der Waals surface area contributed by atoms with Gasteiger partial charge in [-0.3, -0.25) is 4.90 Å². The van der Waals surface area contributed by atoms with Crippen LogP contribution in [0.4, 0.5) is 0 Å². The topological polar surface area (TPSA) is 37.4 Å². The Morgan fingerprint density at radius 2 is 2.50 bits per heavy atom. The smallest absolute Gasteiger partial charge is 0.0795 e. The number of rotatable bonds is 7. The van der Waals surface area contributed by atoms with Gasteiger partial charge in [0.2, 0.25) is 0 Å². The number of hydrogen-bond acceptors (Lipinski definition) is 5. The normalized spacial score (nSPS) is 23.9. The highest BCUT2D eigenvalue weighted by Gasteiger charge is 2.35. The molecule has 5 heteroatoms. The van der Waals surface area contributed by atoms with E-state index in [1.165, 1.54) is 5.69 Å². The SMILES string of the molecule is CCNCC1(CN(C)Cc2cscn2)CCOC1.